The zero-order chi connectivity index (χ0) is 13.8. The lowest BCUT2D eigenvalue weighted by Gasteiger charge is -2.18. The minimum Gasteiger partial charge on any atom is -0.363 e. The van der Waals surface area contributed by atoms with E-state index in [-0.39, 0.29) is 0 Å². The normalized spacial score (nSPS) is 26.6. The molecule has 1 aliphatic rings. The van der Waals surface area contributed by atoms with Crippen LogP contribution in [0.25, 0.3) is 0 Å². The number of rotatable bonds is 5. The quantitative estimate of drug-likeness (QED) is 0.731. The Balaban J connectivity index is 1.79. The van der Waals surface area contributed by atoms with Crippen LogP contribution in [0.2, 0.25) is 0 Å². The van der Waals surface area contributed by atoms with Crippen LogP contribution in [0, 0.1) is 5.92 Å². The van der Waals surface area contributed by atoms with Crippen molar-refractivity contribution in [2.24, 2.45) is 5.92 Å². The van der Waals surface area contributed by atoms with Gasteiger partial charge in [0.25, 0.3) is 0 Å². The number of nitrogens with one attached hydrogen (secondary N) is 3. The first-order chi connectivity index (χ1) is 9.08. The summed E-state index contributed by atoms with van der Waals surface area (Å²) in [5, 5.41) is 3.52. The number of anilines is 1. The molecule has 2 heterocycles. The predicted molar refractivity (Wildman–Crippen MR) is 79.0 cm³/mol. The number of hydrogen-bond acceptors (Lipinski definition) is 5. The molecule has 0 amide bonds. The largest absolute Gasteiger partial charge is 0.363 e. The summed E-state index contributed by atoms with van der Waals surface area (Å²) in [5.41, 5.74) is 7.79. The van der Waals surface area contributed by atoms with Crippen molar-refractivity contribution in [1.29, 1.82) is 0 Å². The van der Waals surface area contributed by atoms with Gasteiger partial charge in [0.15, 0.2) is 0 Å². The number of nitrogens with zero attached hydrogens (tertiary/aromatic N) is 2. The molecule has 0 aliphatic carbocycles. The summed E-state index contributed by atoms with van der Waals surface area (Å²) in [4.78, 5) is 6.43. The van der Waals surface area contributed by atoms with E-state index in [0.717, 1.165) is 18.9 Å². The van der Waals surface area contributed by atoms with Crippen molar-refractivity contribution in [1.82, 2.24) is 21.2 Å². The van der Waals surface area contributed by atoms with E-state index in [9.17, 15) is 0 Å². The Morgan fingerprint density at radius 2 is 1.89 bits per heavy atom. The molecule has 1 fully saturated rings. The summed E-state index contributed by atoms with van der Waals surface area (Å²) in [6.45, 7) is 6.32. The van der Waals surface area contributed by atoms with Gasteiger partial charge in [0, 0.05) is 51.4 Å². The molecule has 0 aromatic carbocycles. The van der Waals surface area contributed by atoms with Crippen molar-refractivity contribution in [2.75, 3.05) is 25.5 Å². The summed E-state index contributed by atoms with van der Waals surface area (Å²) >= 11 is 0. The van der Waals surface area contributed by atoms with Gasteiger partial charge in [-0.1, -0.05) is 6.07 Å². The van der Waals surface area contributed by atoms with Gasteiger partial charge in [-0.05, 0) is 25.5 Å². The van der Waals surface area contributed by atoms with E-state index in [1.54, 1.807) is 0 Å². The molecule has 1 aliphatic heterocycles. The Morgan fingerprint density at radius 1 is 1.21 bits per heavy atom. The van der Waals surface area contributed by atoms with Gasteiger partial charge in [-0.3, -0.25) is 10.9 Å². The molecule has 0 spiro atoms. The lowest BCUT2D eigenvalue weighted by atomic mass is 9.97. The van der Waals surface area contributed by atoms with Gasteiger partial charge in [-0.2, -0.15) is 0 Å². The summed E-state index contributed by atoms with van der Waals surface area (Å²) in [6, 6.07) is 5.21. The molecule has 3 N–H and O–H groups in total. The molecule has 0 saturated carbocycles. The molecule has 1 aromatic rings. The molecule has 5 heteroatoms. The fourth-order valence-electron chi connectivity index (χ4n) is 2.43. The van der Waals surface area contributed by atoms with Crippen LogP contribution in [0.3, 0.4) is 0 Å². The van der Waals surface area contributed by atoms with Crippen molar-refractivity contribution in [3.63, 3.8) is 0 Å². The van der Waals surface area contributed by atoms with E-state index in [1.165, 1.54) is 5.56 Å². The van der Waals surface area contributed by atoms with E-state index < -0.39 is 0 Å². The zero-order valence-electron chi connectivity index (χ0n) is 12.3. The Kier molecular flexibility index (Phi) is 4.74. The van der Waals surface area contributed by atoms with E-state index in [4.69, 9.17) is 0 Å². The Bertz CT molecular complexity index is 379. The molecule has 2 rings (SSSR count). The average molecular weight is 263 g/mol. The highest BCUT2D eigenvalue weighted by molar-refractivity contribution is 5.37. The van der Waals surface area contributed by atoms with Crippen LogP contribution >= 0.6 is 0 Å². The van der Waals surface area contributed by atoms with Gasteiger partial charge >= 0.3 is 0 Å². The average Bonchev–Trinajstić information content (AvgIpc) is 2.71. The van der Waals surface area contributed by atoms with Crippen molar-refractivity contribution in [3.8, 4) is 0 Å². The van der Waals surface area contributed by atoms with Gasteiger partial charge in [0.1, 0.15) is 5.82 Å². The Morgan fingerprint density at radius 3 is 2.42 bits per heavy atom. The minimum atomic E-state index is 0.511. The number of hydrogen-bond donors (Lipinski definition) is 3. The van der Waals surface area contributed by atoms with Crippen LogP contribution in [0.5, 0.6) is 0 Å². The Labute approximate surface area is 115 Å². The smallest absolute Gasteiger partial charge is 0.127 e. The monoisotopic (exact) mass is 263 g/mol. The maximum atomic E-state index is 4.42. The third-order valence-corrected chi connectivity index (χ3v) is 3.80. The zero-order valence-corrected chi connectivity index (χ0v) is 12.3. The van der Waals surface area contributed by atoms with E-state index in [0.29, 0.717) is 18.0 Å². The fraction of sp³-hybridized carbons (Fsp3) is 0.643. The molecule has 0 bridgehead atoms. The van der Waals surface area contributed by atoms with Gasteiger partial charge < -0.3 is 10.2 Å². The molecule has 0 radical (unpaired) electrons. The van der Waals surface area contributed by atoms with Crippen molar-refractivity contribution in [3.05, 3.63) is 23.9 Å². The number of pyridine rings is 1. The molecule has 19 heavy (non-hydrogen) atoms. The van der Waals surface area contributed by atoms with Gasteiger partial charge in [0.2, 0.25) is 0 Å². The molecule has 5 nitrogen and oxygen atoms in total. The van der Waals surface area contributed by atoms with Crippen LogP contribution in [-0.4, -0.2) is 37.7 Å². The highest BCUT2D eigenvalue weighted by atomic mass is 15.4. The van der Waals surface area contributed by atoms with E-state index in [1.807, 2.05) is 25.2 Å². The first kappa shape index (κ1) is 14.2. The van der Waals surface area contributed by atoms with Crippen LogP contribution in [0.1, 0.15) is 19.4 Å². The molecule has 2 unspecified atom stereocenters. The third kappa shape index (κ3) is 3.65. The lowest BCUT2D eigenvalue weighted by Crippen LogP contribution is -2.33. The van der Waals surface area contributed by atoms with Gasteiger partial charge in [-0.15, -0.1) is 0 Å². The Hall–Kier alpha value is -1.17. The van der Waals surface area contributed by atoms with Crippen LogP contribution < -0.4 is 21.1 Å². The maximum absolute atomic E-state index is 4.42. The minimum absolute atomic E-state index is 0.511. The van der Waals surface area contributed by atoms with Crippen molar-refractivity contribution < 1.29 is 0 Å². The second-order valence-corrected chi connectivity index (χ2v) is 5.58. The van der Waals surface area contributed by atoms with Crippen LogP contribution in [0.4, 0.5) is 5.82 Å². The molecule has 2 atom stereocenters. The number of aromatic nitrogens is 1. The van der Waals surface area contributed by atoms with Crippen molar-refractivity contribution >= 4 is 5.82 Å². The van der Waals surface area contributed by atoms with E-state index in [2.05, 4.69) is 47.1 Å². The topological polar surface area (TPSA) is 52.2 Å². The third-order valence-electron chi connectivity index (χ3n) is 3.80. The second-order valence-electron chi connectivity index (χ2n) is 5.58. The SMILES string of the molecule is CC1NNC(C)C1CNCc1ccc(N(C)C)nc1. The van der Waals surface area contributed by atoms with Crippen molar-refractivity contribution in [2.45, 2.75) is 32.5 Å². The van der Waals surface area contributed by atoms with Crippen LogP contribution in [-0.2, 0) is 6.54 Å². The summed E-state index contributed by atoms with van der Waals surface area (Å²) < 4.78 is 0. The highest BCUT2D eigenvalue weighted by Crippen LogP contribution is 2.13. The molecule has 106 valence electrons. The maximum Gasteiger partial charge on any atom is 0.127 e. The summed E-state index contributed by atoms with van der Waals surface area (Å²) in [5.74, 6) is 1.61. The first-order valence-corrected chi connectivity index (χ1v) is 6.92. The number of hydrazine groups is 1. The second kappa shape index (κ2) is 6.32. The predicted octanol–water partition coefficient (Wildman–Crippen LogP) is 0.738. The molecule has 1 saturated heterocycles. The molecular formula is C14H25N5. The fourth-order valence-corrected chi connectivity index (χ4v) is 2.43. The molecular weight excluding hydrogens is 238 g/mol. The summed E-state index contributed by atoms with van der Waals surface area (Å²) in [6.07, 6.45) is 1.94. The highest BCUT2D eigenvalue weighted by Gasteiger charge is 2.28. The standard InChI is InChI=1S/C14H25N5/c1-10-13(11(2)18-17-10)9-15-7-12-5-6-14(16-8-12)19(3)4/h5-6,8,10-11,13,15,17-18H,7,9H2,1-4H3. The van der Waals surface area contributed by atoms with E-state index >= 15 is 0 Å². The lowest BCUT2D eigenvalue weighted by molar-refractivity contribution is 0.412. The van der Waals surface area contributed by atoms with Gasteiger partial charge in [0.05, 0.1) is 0 Å². The molecule has 1 aromatic heterocycles. The van der Waals surface area contributed by atoms with Gasteiger partial charge in [-0.25, -0.2) is 4.98 Å². The summed E-state index contributed by atoms with van der Waals surface area (Å²) in [7, 11) is 4.01. The van der Waals surface area contributed by atoms with Crippen LogP contribution in [0.15, 0.2) is 18.3 Å². The first-order valence-electron chi connectivity index (χ1n) is 6.92.